The number of methoxy groups -OCH3 is 1. The van der Waals surface area contributed by atoms with Gasteiger partial charge in [-0.1, -0.05) is 0 Å². The highest BCUT2D eigenvalue weighted by molar-refractivity contribution is 9.10. The first-order valence-corrected chi connectivity index (χ1v) is 7.66. The van der Waals surface area contributed by atoms with Crippen LogP contribution in [0.15, 0.2) is 21.2 Å². The Balaban J connectivity index is 2.16. The number of nitrogens with zero attached hydrogens (tertiary/aromatic N) is 1. The monoisotopic (exact) mass is 330 g/mol. The molecule has 2 rings (SSSR count). The molecule has 1 aliphatic carbocycles. The fraction of sp³-hybridized carbons (Fsp3) is 0.714. The zero-order chi connectivity index (χ0) is 13.8. The maximum absolute atomic E-state index is 6.00. The first kappa shape index (κ1) is 15.0. The number of nitrogens with two attached hydrogens (primary N) is 1. The number of halogens is 1. The normalized spacial score (nSPS) is 18.8. The number of ether oxygens (including phenoxy) is 1. The molecule has 5 heteroatoms. The molecule has 0 aromatic carbocycles. The molecule has 0 radical (unpaired) electrons. The van der Waals surface area contributed by atoms with Gasteiger partial charge in [0, 0.05) is 26.2 Å². The average molecular weight is 331 g/mol. The molecule has 1 fully saturated rings. The Bertz CT molecular complexity index is 393. The van der Waals surface area contributed by atoms with Crippen LogP contribution in [0.25, 0.3) is 0 Å². The summed E-state index contributed by atoms with van der Waals surface area (Å²) < 4.78 is 11.9. The zero-order valence-electron chi connectivity index (χ0n) is 11.6. The summed E-state index contributed by atoms with van der Waals surface area (Å²) in [5, 5.41) is 0. The molecule has 2 atom stereocenters. The Hall–Kier alpha value is -0.360. The third-order valence-corrected chi connectivity index (χ3v) is 4.61. The minimum absolute atomic E-state index is 0.107. The Morgan fingerprint density at radius 1 is 1.58 bits per heavy atom. The van der Waals surface area contributed by atoms with Crippen LogP contribution in [0.1, 0.15) is 31.6 Å². The summed E-state index contributed by atoms with van der Waals surface area (Å²) in [4.78, 5) is 2.42. The van der Waals surface area contributed by atoms with E-state index in [2.05, 4.69) is 27.8 Å². The van der Waals surface area contributed by atoms with Crippen LogP contribution in [-0.4, -0.2) is 37.7 Å². The quantitative estimate of drug-likeness (QED) is 0.796. The lowest BCUT2D eigenvalue weighted by atomic mass is 10.1. The van der Waals surface area contributed by atoms with Crippen molar-refractivity contribution in [2.45, 2.75) is 31.8 Å². The summed E-state index contributed by atoms with van der Waals surface area (Å²) in [5.41, 5.74) is 6.00. The Morgan fingerprint density at radius 2 is 2.32 bits per heavy atom. The van der Waals surface area contributed by atoms with Gasteiger partial charge in [-0.25, -0.2) is 0 Å². The van der Waals surface area contributed by atoms with Crippen LogP contribution in [-0.2, 0) is 4.74 Å². The second kappa shape index (κ2) is 6.88. The van der Waals surface area contributed by atoms with E-state index in [1.807, 2.05) is 6.07 Å². The lowest BCUT2D eigenvalue weighted by molar-refractivity contribution is 0.0745. The van der Waals surface area contributed by atoms with Crippen LogP contribution in [0.5, 0.6) is 0 Å². The van der Waals surface area contributed by atoms with E-state index in [-0.39, 0.29) is 6.04 Å². The Kier molecular flexibility index (Phi) is 5.45. The van der Waals surface area contributed by atoms with Gasteiger partial charge in [0.25, 0.3) is 0 Å². The lowest BCUT2D eigenvalue weighted by Gasteiger charge is -2.35. The largest absolute Gasteiger partial charge is 0.466 e. The fourth-order valence-electron chi connectivity index (χ4n) is 2.63. The molecule has 0 spiro atoms. The van der Waals surface area contributed by atoms with E-state index in [0.29, 0.717) is 19.2 Å². The standard InChI is InChI=1S/C14H23BrN2O2/c1-10(11-3-4-11)17(6-8-18-2)13(9-16)14-12(15)5-7-19-14/h5,7,10-11,13H,3-4,6,8-9,16H2,1-2H3. The predicted octanol–water partition coefficient (Wildman–Crippen LogP) is 2.79. The third-order valence-electron chi connectivity index (χ3n) is 3.95. The topological polar surface area (TPSA) is 51.6 Å². The van der Waals surface area contributed by atoms with E-state index in [1.165, 1.54) is 12.8 Å². The zero-order valence-corrected chi connectivity index (χ0v) is 13.2. The first-order chi connectivity index (χ1) is 9.19. The van der Waals surface area contributed by atoms with Crippen molar-refractivity contribution in [2.24, 2.45) is 11.7 Å². The first-order valence-electron chi connectivity index (χ1n) is 6.86. The van der Waals surface area contributed by atoms with Gasteiger partial charge >= 0.3 is 0 Å². The maximum atomic E-state index is 6.00. The number of rotatable bonds is 8. The number of furan rings is 1. The summed E-state index contributed by atoms with van der Waals surface area (Å²) in [7, 11) is 1.74. The molecule has 19 heavy (non-hydrogen) atoms. The van der Waals surface area contributed by atoms with Gasteiger partial charge in [-0.05, 0) is 47.7 Å². The van der Waals surface area contributed by atoms with Gasteiger partial charge in [0.1, 0.15) is 5.76 Å². The molecular formula is C14H23BrN2O2. The van der Waals surface area contributed by atoms with E-state index < -0.39 is 0 Å². The van der Waals surface area contributed by atoms with Gasteiger partial charge in [-0.15, -0.1) is 0 Å². The van der Waals surface area contributed by atoms with Crippen molar-refractivity contribution in [3.05, 3.63) is 22.6 Å². The van der Waals surface area contributed by atoms with Crippen molar-refractivity contribution in [1.29, 1.82) is 0 Å². The molecule has 1 aromatic heterocycles. The van der Waals surface area contributed by atoms with E-state index >= 15 is 0 Å². The minimum atomic E-state index is 0.107. The molecule has 1 saturated carbocycles. The highest BCUT2D eigenvalue weighted by Crippen LogP contribution is 2.39. The summed E-state index contributed by atoms with van der Waals surface area (Å²) >= 11 is 3.54. The summed E-state index contributed by atoms with van der Waals surface area (Å²) in [6.45, 7) is 4.43. The molecule has 0 amide bonds. The molecule has 1 aromatic rings. The van der Waals surface area contributed by atoms with Crippen molar-refractivity contribution in [3.63, 3.8) is 0 Å². The van der Waals surface area contributed by atoms with Crippen LogP contribution in [0, 0.1) is 5.92 Å². The number of hydrogen-bond donors (Lipinski definition) is 1. The molecule has 2 unspecified atom stereocenters. The molecule has 0 saturated heterocycles. The second-order valence-electron chi connectivity index (χ2n) is 5.19. The van der Waals surface area contributed by atoms with Crippen molar-refractivity contribution in [2.75, 3.05) is 26.8 Å². The van der Waals surface area contributed by atoms with Crippen molar-refractivity contribution in [1.82, 2.24) is 4.90 Å². The Morgan fingerprint density at radius 3 is 2.79 bits per heavy atom. The third kappa shape index (κ3) is 3.60. The van der Waals surface area contributed by atoms with Gasteiger partial charge in [-0.3, -0.25) is 4.90 Å². The van der Waals surface area contributed by atoms with E-state index in [9.17, 15) is 0 Å². The van der Waals surface area contributed by atoms with Gasteiger partial charge in [0.05, 0.1) is 23.4 Å². The molecule has 2 N–H and O–H groups in total. The second-order valence-corrected chi connectivity index (χ2v) is 6.05. The van der Waals surface area contributed by atoms with Gasteiger partial charge < -0.3 is 14.9 Å². The van der Waals surface area contributed by atoms with Crippen LogP contribution in [0.2, 0.25) is 0 Å². The summed E-state index contributed by atoms with van der Waals surface area (Å²) in [6, 6.07) is 2.55. The van der Waals surface area contributed by atoms with Gasteiger partial charge in [0.15, 0.2) is 0 Å². The SMILES string of the molecule is COCCN(C(CN)c1occc1Br)C(C)C1CC1. The minimum Gasteiger partial charge on any atom is -0.466 e. The molecular weight excluding hydrogens is 308 g/mol. The maximum Gasteiger partial charge on any atom is 0.136 e. The van der Waals surface area contributed by atoms with E-state index in [4.69, 9.17) is 14.9 Å². The van der Waals surface area contributed by atoms with Crippen LogP contribution in [0.3, 0.4) is 0 Å². The molecule has 0 aliphatic heterocycles. The molecule has 0 bridgehead atoms. The van der Waals surface area contributed by atoms with Crippen LogP contribution < -0.4 is 5.73 Å². The highest BCUT2D eigenvalue weighted by atomic mass is 79.9. The van der Waals surface area contributed by atoms with Crippen molar-refractivity contribution < 1.29 is 9.15 Å². The van der Waals surface area contributed by atoms with E-state index in [1.54, 1.807) is 13.4 Å². The molecule has 1 aliphatic rings. The van der Waals surface area contributed by atoms with Crippen molar-refractivity contribution >= 4 is 15.9 Å². The molecule has 4 nitrogen and oxygen atoms in total. The smallest absolute Gasteiger partial charge is 0.136 e. The average Bonchev–Trinajstić information content (AvgIpc) is 3.18. The van der Waals surface area contributed by atoms with Gasteiger partial charge in [-0.2, -0.15) is 0 Å². The summed E-state index contributed by atoms with van der Waals surface area (Å²) in [5.74, 6) is 1.71. The number of hydrogen-bond acceptors (Lipinski definition) is 4. The fourth-order valence-corrected chi connectivity index (χ4v) is 3.09. The summed E-state index contributed by atoms with van der Waals surface area (Å²) in [6.07, 6.45) is 4.35. The van der Waals surface area contributed by atoms with Gasteiger partial charge in [0.2, 0.25) is 0 Å². The predicted molar refractivity (Wildman–Crippen MR) is 79.0 cm³/mol. The highest BCUT2D eigenvalue weighted by Gasteiger charge is 2.36. The molecule has 108 valence electrons. The Labute approximate surface area is 123 Å². The molecule has 1 heterocycles. The van der Waals surface area contributed by atoms with Crippen molar-refractivity contribution in [3.8, 4) is 0 Å². The van der Waals surface area contributed by atoms with E-state index in [0.717, 1.165) is 22.7 Å². The lowest BCUT2D eigenvalue weighted by Crippen LogP contribution is -2.43. The van der Waals surface area contributed by atoms with Crippen LogP contribution in [0.4, 0.5) is 0 Å². The van der Waals surface area contributed by atoms with Crippen LogP contribution >= 0.6 is 15.9 Å².